The highest BCUT2D eigenvalue weighted by molar-refractivity contribution is 9.10. The van der Waals surface area contributed by atoms with Crippen molar-refractivity contribution in [1.82, 2.24) is 4.98 Å². The van der Waals surface area contributed by atoms with E-state index in [1.54, 1.807) is 6.20 Å². The van der Waals surface area contributed by atoms with Gasteiger partial charge < -0.3 is 4.43 Å². The SMILES string of the molecule is CC(C)(C)[Si](Oc1ccc(-c2ncc(Br)cc2F)cc1)(c1ccccc1)c1ccccc1. The van der Waals surface area contributed by atoms with Crippen molar-refractivity contribution in [2.24, 2.45) is 0 Å². The molecule has 0 radical (unpaired) electrons. The summed E-state index contributed by atoms with van der Waals surface area (Å²) in [7, 11) is -2.70. The van der Waals surface area contributed by atoms with E-state index in [-0.39, 0.29) is 10.9 Å². The van der Waals surface area contributed by atoms with Crippen LogP contribution in [0.3, 0.4) is 0 Å². The number of benzene rings is 3. The van der Waals surface area contributed by atoms with Crippen LogP contribution in [0.15, 0.2) is 102 Å². The van der Waals surface area contributed by atoms with Crippen LogP contribution in [0.1, 0.15) is 20.8 Å². The molecule has 0 aliphatic rings. The second-order valence-corrected chi connectivity index (χ2v) is 13.9. The lowest BCUT2D eigenvalue weighted by Crippen LogP contribution is -2.68. The Balaban J connectivity index is 1.80. The van der Waals surface area contributed by atoms with Gasteiger partial charge in [0.2, 0.25) is 0 Å². The fraction of sp³-hybridized carbons (Fsp3) is 0.148. The molecule has 4 rings (SSSR count). The zero-order chi connectivity index (χ0) is 22.8. The van der Waals surface area contributed by atoms with Gasteiger partial charge in [0.15, 0.2) is 5.82 Å². The Morgan fingerprint density at radius 2 is 1.34 bits per heavy atom. The summed E-state index contributed by atoms with van der Waals surface area (Å²) in [4.78, 5) is 4.23. The Bertz CT molecular complexity index is 1150. The van der Waals surface area contributed by atoms with Gasteiger partial charge in [0.1, 0.15) is 11.4 Å². The molecular formula is C27H25BrFNOSi. The number of pyridine rings is 1. The largest absolute Gasteiger partial charge is 0.534 e. The highest BCUT2D eigenvalue weighted by atomic mass is 79.9. The van der Waals surface area contributed by atoms with Crippen LogP contribution in [0.4, 0.5) is 4.39 Å². The number of nitrogens with zero attached hydrogens (tertiary/aromatic N) is 1. The third kappa shape index (κ3) is 4.27. The smallest absolute Gasteiger partial charge is 0.319 e. The van der Waals surface area contributed by atoms with E-state index in [4.69, 9.17) is 4.43 Å². The van der Waals surface area contributed by atoms with Crippen LogP contribution < -0.4 is 14.8 Å². The van der Waals surface area contributed by atoms with Gasteiger partial charge in [-0.1, -0.05) is 81.4 Å². The van der Waals surface area contributed by atoms with Crippen molar-refractivity contribution >= 4 is 34.6 Å². The molecule has 162 valence electrons. The molecule has 2 nitrogen and oxygen atoms in total. The molecule has 32 heavy (non-hydrogen) atoms. The van der Waals surface area contributed by atoms with Crippen LogP contribution in [-0.2, 0) is 0 Å². The lowest BCUT2D eigenvalue weighted by Gasteiger charge is -2.43. The summed E-state index contributed by atoms with van der Waals surface area (Å²) in [5, 5.41) is 2.29. The minimum absolute atomic E-state index is 0.131. The Labute approximate surface area is 198 Å². The van der Waals surface area contributed by atoms with Gasteiger partial charge >= 0.3 is 8.32 Å². The maximum atomic E-state index is 14.4. The monoisotopic (exact) mass is 505 g/mol. The maximum Gasteiger partial charge on any atom is 0.319 e. The average Bonchev–Trinajstić information content (AvgIpc) is 2.78. The molecule has 0 unspecified atom stereocenters. The minimum Gasteiger partial charge on any atom is -0.534 e. The highest BCUT2D eigenvalue weighted by Crippen LogP contribution is 2.38. The van der Waals surface area contributed by atoms with Gasteiger partial charge in [-0.25, -0.2) is 4.39 Å². The van der Waals surface area contributed by atoms with E-state index in [0.717, 1.165) is 5.75 Å². The third-order valence-corrected chi connectivity index (χ3v) is 11.0. The van der Waals surface area contributed by atoms with Crippen LogP contribution in [0.25, 0.3) is 11.3 Å². The van der Waals surface area contributed by atoms with E-state index in [2.05, 4.69) is 90.2 Å². The molecule has 4 aromatic rings. The molecule has 0 spiro atoms. The van der Waals surface area contributed by atoms with E-state index >= 15 is 0 Å². The van der Waals surface area contributed by atoms with Crippen molar-refractivity contribution in [2.75, 3.05) is 0 Å². The second-order valence-electron chi connectivity index (χ2n) is 8.77. The molecule has 0 N–H and O–H groups in total. The fourth-order valence-corrected chi connectivity index (χ4v) is 8.86. The highest BCUT2D eigenvalue weighted by Gasteiger charge is 2.52. The van der Waals surface area contributed by atoms with E-state index in [1.165, 1.54) is 16.4 Å². The molecule has 3 aromatic carbocycles. The molecule has 0 saturated carbocycles. The zero-order valence-corrected chi connectivity index (χ0v) is 20.9. The van der Waals surface area contributed by atoms with E-state index in [1.807, 2.05) is 36.4 Å². The molecule has 0 saturated heterocycles. The molecule has 0 aliphatic carbocycles. The Hall–Kier alpha value is -2.76. The summed E-state index contributed by atoms with van der Waals surface area (Å²) in [6, 6.07) is 30.0. The topological polar surface area (TPSA) is 22.1 Å². The molecule has 0 amide bonds. The molecule has 0 fully saturated rings. The lowest BCUT2D eigenvalue weighted by atomic mass is 10.1. The average molecular weight is 506 g/mol. The summed E-state index contributed by atoms with van der Waals surface area (Å²) in [5.41, 5.74) is 1.04. The van der Waals surface area contributed by atoms with Gasteiger partial charge in [0, 0.05) is 16.2 Å². The standard InChI is InChI=1S/C27H25BrFNOSi/c1-27(2,3)32(23-10-6-4-7-11-23,24-12-8-5-9-13-24)31-22-16-14-20(15-17-22)26-25(29)18-21(28)19-30-26/h4-19H,1-3H3. The van der Waals surface area contributed by atoms with Crippen LogP contribution >= 0.6 is 15.9 Å². The molecule has 0 atom stereocenters. The quantitative estimate of drug-likeness (QED) is 0.285. The maximum absolute atomic E-state index is 14.4. The third-order valence-electron chi connectivity index (χ3n) is 5.62. The summed E-state index contributed by atoms with van der Waals surface area (Å²) in [6.45, 7) is 6.73. The normalized spacial score (nSPS) is 11.9. The number of halogens is 2. The van der Waals surface area contributed by atoms with Crippen molar-refractivity contribution in [3.63, 3.8) is 0 Å². The van der Waals surface area contributed by atoms with Crippen molar-refractivity contribution in [2.45, 2.75) is 25.8 Å². The Morgan fingerprint density at radius 1 is 0.812 bits per heavy atom. The molecular weight excluding hydrogens is 481 g/mol. The molecule has 5 heteroatoms. The first kappa shape index (κ1) is 22.4. The number of hydrogen-bond acceptors (Lipinski definition) is 2. The van der Waals surface area contributed by atoms with E-state index in [0.29, 0.717) is 15.7 Å². The first-order chi connectivity index (χ1) is 15.3. The van der Waals surface area contributed by atoms with Crippen LogP contribution in [0.5, 0.6) is 5.75 Å². The molecule has 0 aliphatic heterocycles. The second kappa shape index (κ2) is 9.00. The predicted molar refractivity (Wildman–Crippen MR) is 136 cm³/mol. The van der Waals surface area contributed by atoms with Crippen molar-refractivity contribution in [1.29, 1.82) is 0 Å². The van der Waals surface area contributed by atoms with Crippen molar-refractivity contribution < 1.29 is 8.82 Å². The molecule has 0 bridgehead atoms. The zero-order valence-electron chi connectivity index (χ0n) is 18.3. The lowest BCUT2D eigenvalue weighted by molar-refractivity contribution is 0.508. The van der Waals surface area contributed by atoms with E-state index in [9.17, 15) is 4.39 Å². The summed E-state index contributed by atoms with van der Waals surface area (Å²) >= 11 is 3.26. The minimum atomic E-state index is -2.70. The van der Waals surface area contributed by atoms with Crippen LogP contribution in [-0.4, -0.2) is 13.3 Å². The van der Waals surface area contributed by atoms with Crippen LogP contribution in [0.2, 0.25) is 5.04 Å². The predicted octanol–water partition coefficient (Wildman–Crippen LogP) is 6.59. The van der Waals surface area contributed by atoms with E-state index < -0.39 is 8.32 Å². The number of hydrogen-bond donors (Lipinski definition) is 0. The first-order valence-electron chi connectivity index (χ1n) is 10.5. The molecule has 1 aromatic heterocycles. The number of rotatable bonds is 5. The van der Waals surface area contributed by atoms with Crippen molar-refractivity contribution in [3.8, 4) is 17.0 Å². The first-order valence-corrected chi connectivity index (χ1v) is 13.2. The molecule has 1 heterocycles. The van der Waals surface area contributed by atoms with Gasteiger partial charge in [0.05, 0.1) is 0 Å². The van der Waals surface area contributed by atoms with Crippen molar-refractivity contribution in [3.05, 3.63) is 107 Å². The van der Waals surface area contributed by atoms with Gasteiger partial charge in [-0.2, -0.15) is 0 Å². The van der Waals surface area contributed by atoms with Gasteiger partial charge in [-0.3, -0.25) is 4.98 Å². The summed E-state index contributed by atoms with van der Waals surface area (Å²) < 4.78 is 22.0. The van der Waals surface area contributed by atoms with Gasteiger partial charge in [-0.05, 0) is 61.7 Å². The van der Waals surface area contributed by atoms with Gasteiger partial charge in [0.25, 0.3) is 0 Å². The number of aromatic nitrogens is 1. The summed E-state index contributed by atoms with van der Waals surface area (Å²) in [6.07, 6.45) is 1.60. The fourth-order valence-electron chi connectivity index (χ4n) is 4.13. The Kier molecular flexibility index (Phi) is 6.31. The van der Waals surface area contributed by atoms with Gasteiger partial charge in [-0.15, -0.1) is 0 Å². The summed E-state index contributed by atoms with van der Waals surface area (Å²) in [5.74, 6) is 0.403. The van der Waals surface area contributed by atoms with Crippen LogP contribution in [0, 0.1) is 5.82 Å². The Morgan fingerprint density at radius 3 is 1.81 bits per heavy atom.